The molecular formula is C12H10INOS. The molecule has 82 valence electrons. The molecule has 0 aliphatic rings. The average Bonchev–Trinajstić information content (AvgIpc) is 2.75. The predicted molar refractivity (Wildman–Crippen MR) is 74.0 cm³/mol. The second-order valence-electron chi connectivity index (χ2n) is 3.51. The lowest BCUT2D eigenvalue weighted by Gasteiger charge is -2.08. The second-order valence-corrected chi connectivity index (χ2v) is 6.31. The van der Waals surface area contributed by atoms with Crippen LogP contribution in [0.15, 0.2) is 36.0 Å². The third-order valence-electron chi connectivity index (χ3n) is 2.45. The van der Waals surface area contributed by atoms with E-state index in [-0.39, 0.29) is 11.7 Å². The molecule has 16 heavy (non-hydrogen) atoms. The van der Waals surface area contributed by atoms with Crippen LogP contribution in [0, 0.1) is 2.88 Å². The number of pyridine rings is 1. The Labute approximate surface area is 112 Å². The molecule has 0 aliphatic carbocycles. The summed E-state index contributed by atoms with van der Waals surface area (Å²) in [5.41, 5.74) is 1.82. The van der Waals surface area contributed by atoms with E-state index in [1.165, 1.54) is 0 Å². The highest BCUT2D eigenvalue weighted by Crippen LogP contribution is 2.24. The Morgan fingerprint density at radius 3 is 2.69 bits per heavy atom. The highest BCUT2D eigenvalue weighted by Gasteiger charge is 2.17. The van der Waals surface area contributed by atoms with Crippen molar-refractivity contribution in [2.75, 3.05) is 0 Å². The molecule has 0 aliphatic heterocycles. The van der Waals surface area contributed by atoms with Crippen molar-refractivity contribution < 1.29 is 4.79 Å². The zero-order valence-electron chi connectivity index (χ0n) is 8.68. The van der Waals surface area contributed by atoms with Gasteiger partial charge >= 0.3 is 0 Å². The van der Waals surface area contributed by atoms with E-state index in [4.69, 9.17) is 0 Å². The quantitative estimate of drug-likeness (QED) is 0.628. The van der Waals surface area contributed by atoms with Gasteiger partial charge in [-0.15, -0.1) is 11.3 Å². The van der Waals surface area contributed by atoms with Crippen molar-refractivity contribution in [1.29, 1.82) is 0 Å². The van der Waals surface area contributed by atoms with E-state index in [9.17, 15) is 4.79 Å². The van der Waals surface area contributed by atoms with Gasteiger partial charge in [0.25, 0.3) is 0 Å². The van der Waals surface area contributed by atoms with Crippen molar-refractivity contribution in [2.45, 2.75) is 12.8 Å². The molecule has 0 spiro atoms. The third kappa shape index (κ3) is 2.49. The molecule has 1 atom stereocenters. The van der Waals surface area contributed by atoms with Gasteiger partial charge in [0.15, 0.2) is 5.78 Å². The molecule has 2 aromatic rings. The lowest BCUT2D eigenvalue weighted by Crippen LogP contribution is -2.08. The number of carbonyl (C=O) groups excluding carboxylic acids is 1. The van der Waals surface area contributed by atoms with E-state index in [1.54, 1.807) is 23.7 Å². The minimum atomic E-state index is -0.103. The Hall–Kier alpha value is -0.750. The first kappa shape index (κ1) is 11.7. The Morgan fingerprint density at radius 1 is 1.44 bits per heavy atom. The molecule has 0 amide bonds. The lowest BCUT2D eigenvalue weighted by molar-refractivity contribution is 0.0966. The highest BCUT2D eigenvalue weighted by molar-refractivity contribution is 14.1. The fraction of sp³-hybridized carbons (Fsp3) is 0.167. The largest absolute Gasteiger partial charge is 0.293 e. The molecule has 0 fully saturated rings. The molecule has 0 bridgehead atoms. The number of nitrogens with zero attached hydrogens (tertiary/aromatic N) is 1. The maximum atomic E-state index is 12.1. The average molecular weight is 343 g/mol. The van der Waals surface area contributed by atoms with Gasteiger partial charge in [0.2, 0.25) is 0 Å². The first-order chi connectivity index (χ1) is 7.68. The molecular weight excluding hydrogens is 333 g/mol. The monoisotopic (exact) mass is 343 g/mol. The number of hydrogen-bond acceptors (Lipinski definition) is 3. The fourth-order valence-electron chi connectivity index (χ4n) is 1.49. The minimum absolute atomic E-state index is 0.103. The fourth-order valence-corrected chi connectivity index (χ4v) is 2.83. The van der Waals surface area contributed by atoms with E-state index in [0.717, 1.165) is 14.0 Å². The zero-order chi connectivity index (χ0) is 11.5. The predicted octanol–water partition coefficient (Wildman–Crippen LogP) is 3.73. The highest BCUT2D eigenvalue weighted by atomic mass is 127. The number of halogens is 1. The van der Waals surface area contributed by atoms with Crippen LogP contribution in [-0.4, -0.2) is 10.8 Å². The van der Waals surface area contributed by atoms with Gasteiger partial charge in [0.05, 0.1) is 2.88 Å². The summed E-state index contributed by atoms with van der Waals surface area (Å²) in [4.78, 5) is 16.1. The second kappa shape index (κ2) is 5.05. The van der Waals surface area contributed by atoms with Crippen LogP contribution in [0.25, 0.3) is 0 Å². The van der Waals surface area contributed by atoms with Crippen LogP contribution in [0.1, 0.15) is 28.8 Å². The van der Waals surface area contributed by atoms with E-state index in [1.807, 2.05) is 30.5 Å². The molecule has 0 saturated carbocycles. The summed E-state index contributed by atoms with van der Waals surface area (Å²) in [7, 11) is 0. The topological polar surface area (TPSA) is 30.0 Å². The smallest absolute Gasteiger partial charge is 0.170 e. The zero-order valence-corrected chi connectivity index (χ0v) is 11.7. The van der Waals surface area contributed by atoms with Crippen LogP contribution in [0.3, 0.4) is 0 Å². The molecule has 1 unspecified atom stereocenters. The van der Waals surface area contributed by atoms with Crippen molar-refractivity contribution in [2.24, 2.45) is 0 Å². The number of thiophene rings is 1. The van der Waals surface area contributed by atoms with E-state index < -0.39 is 0 Å². The van der Waals surface area contributed by atoms with Crippen molar-refractivity contribution in [3.8, 4) is 0 Å². The van der Waals surface area contributed by atoms with Crippen LogP contribution in [0.4, 0.5) is 0 Å². The number of hydrogen-bond donors (Lipinski definition) is 0. The van der Waals surface area contributed by atoms with E-state index in [2.05, 4.69) is 27.6 Å². The number of Topliss-reactive ketones (excluding diaryl/α,β-unsaturated/α-hetero) is 1. The summed E-state index contributed by atoms with van der Waals surface area (Å²) in [5, 5.41) is 1.92. The lowest BCUT2D eigenvalue weighted by atomic mass is 9.94. The maximum absolute atomic E-state index is 12.1. The summed E-state index contributed by atoms with van der Waals surface area (Å²) in [5.74, 6) is 0.0683. The van der Waals surface area contributed by atoms with Gasteiger partial charge in [-0.1, -0.05) is 6.92 Å². The van der Waals surface area contributed by atoms with Crippen LogP contribution < -0.4 is 0 Å². The molecule has 0 aromatic carbocycles. The Morgan fingerprint density at radius 2 is 2.12 bits per heavy atom. The van der Waals surface area contributed by atoms with E-state index in [0.29, 0.717) is 0 Å². The summed E-state index contributed by atoms with van der Waals surface area (Å²) in [6.45, 7) is 1.93. The van der Waals surface area contributed by atoms with Gasteiger partial charge in [-0.3, -0.25) is 9.78 Å². The SMILES string of the molecule is CC(C(=O)c1csc(I)c1)c1ccncc1. The van der Waals surface area contributed by atoms with Gasteiger partial charge < -0.3 is 0 Å². The molecule has 4 heteroatoms. The summed E-state index contributed by atoms with van der Waals surface area (Å²) in [6, 6.07) is 5.71. The van der Waals surface area contributed by atoms with Gasteiger partial charge in [-0.25, -0.2) is 0 Å². The summed E-state index contributed by atoms with van der Waals surface area (Å²) in [6.07, 6.45) is 3.44. The maximum Gasteiger partial charge on any atom is 0.170 e. The van der Waals surface area contributed by atoms with Crippen LogP contribution >= 0.6 is 33.9 Å². The van der Waals surface area contributed by atoms with Crippen LogP contribution in [-0.2, 0) is 0 Å². The Bertz CT molecular complexity index is 495. The van der Waals surface area contributed by atoms with Gasteiger partial charge in [-0.05, 0) is 46.4 Å². The van der Waals surface area contributed by atoms with Crippen LogP contribution in [0.2, 0.25) is 0 Å². The molecule has 2 rings (SSSR count). The molecule has 0 N–H and O–H groups in total. The first-order valence-corrected chi connectivity index (χ1v) is 6.82. The van der Waals surface area contributed by atoms with E-state index >= 15 is 0 Å². The summed E-state index contributed by atoms with van der Waals surface area (Å²) >= 11 is 3.83. The minimum Gasteiger partial charge on any atom is -0.293 e. The molecule has 2 nitrogen and oxygen atoms in total. The molecule has 2 heterocycles. The number of ketones is 1. The standard InChI is InChI=1S/C12H10INOS/c1-8(9-2-4-14-5-3-9)12(15)10-6-11(13)16-7-10/h2-8H,1H3. The first-order valence-electron chi connectivity index (χ1n) is 4.86. The van der Waals surface area contributed by atoms with Gasteiger partial charge in [0, 0.05) is 29.3 Å². The Kier molecular flexibility index (Phi) is 3.70. The normalized spacial score (nSPS) is 12.4. The van der Waals surface area contributed by atoms with Crippen molar-refractivity contribution in [3.05, 3.63) is 50.0 Å². The molecule has 0 saturated heterocycles. The van der Waals surface area contributed by atoms with Crippen molar-refractivity contribution in [3.63, 3.8) is 0 Å². The van der Waals surface area contributed by atoms with Crippen LogP contribution in [0.5, 0.6) is 0 Å². The number of carbonyl (C=O) groups is 1. The van der Waals surface area contributed by atoms with Gasteiger partial charge in [0.1, 0.15) is 0 Å². The molecule has 0 radical (unpaired) electrons. The van der Waals surface area contributed by atoms with Crippen molar-refractivity contribution in [1.82, 2.24) is 4.98 Å². The molecule has 2 aromatic heterocycles. The van der Waals surface area contributed by atoms with Crippen molar-refractivity contribution >= 4 is 39.7 Å². The number of aromatic nitrogens is 1. The Balaban J connectivity index is 2.23. The summed E-state index contributed by atoms with van der Waals surface area (Å²) < 4.78 is 1.14. The van der Waals surface area contributed by atoms with Gasteiger partial charge in [-0.2, -0.15) is 0 Å². The number of rotatable bonds is 3. The third-order valence-corrected chi connectivity index (χ3v) is 4.24.